The van der Waals surface area contributed by atoms with Crippen LogP contribution in [0.2, 0.25) is 0 Å². The lowest BCUT2D eigenvalue weighted by atomic mass is 9.97. The van der Waals surface area contributed by atoms with Gasteiger partial charge in [-0.2, -0.15) is 0 Å². The van der Waals surface area contributed by atoms with Crippen LogP contribution in [0.1, 0.15) is 42.0 Å². The second kappa shape index (κ2) is 7.28. The van der Waals surface area contributed by atoms with Gasteiger partial charge in [-0.1, -0.05) is 11.8 Å². The number of thiophene rings is 1. The smallest absolute Gasteiger partial charge is 0.260 e. The average molecular weight is 390 g/mol. The number of rotatable bonds is 5. The maximum Gasteiger partial charge on any atom is 0.260 e. The number of hydrogen-bond donors (Lipinski definition) is 2. The van der Waals surface area contributed by atoms with Crippen LogP contribution < -0.4 is 10.9 Å². The third-order valence-corrected chi connectivity index (χ3v) is 6.55. The summed E-state index contributed by atoms with van der Waals surface area (Å²) < 4.78 is 5.28. The molecule has 6 nitrogen and oxygen atoms in total. The third kappa shape index (κ3) is 3.43. The van der Waals surface area contributed by atoms with Crippen LogP contribution in [-0.4, -0.2) is 21.6 Å². The number of nitrogens with one attached hydrogen (secondary N) is 2. The molecule has 8 heteroatoms. The Morgan fingerprint density at radius 2 is 2.31 bits per heavy atom. The van der Waals surface area contributed by atoms with Crippen LogP contribution in [0.5, 0.6) is 0 Å². The quantitative estimate of drug-likeness (QED) is 0.516. The Balaban J connectivity index is 1.46. The van der Waals surface area contributed by atoms with E-state index in [-0.39, 0.29) is 23.3 Å². The van der Waals surface area contributed by atoms with Crippen molar-refractivity contribution in [3.8, 4) is 0 Å². The standard InChI is InChI=1S/C18H19N3O3S2/c1-10(12-6-4-8-24-12)19-14(22)9-25-18-20-16(23)15-11-5-2-3-7-13(11)26-17(15)21-18/h4,6,8,10H,2-3,5,7,9H2,1H3,(H,19,22)(H,20,21,23)/t10-/m1/s1. The Kier molecular flexibility index (Phi) is 4.86. The second-order valence-corrected chi connectivity index (χ2v) is 8.40. The van der Waals surface area contributed by atoms with Crippen molar-refractivity contribution in [1.82, 2.24) is 15.3 Å². The molecule has 3 aromatic heterocycles. The molecule has 26 heavy (non-hydrogen) atoms. The van der Waals surface area contributed by atoms with E-state index < -0.39 is 0 Å². The number of aromatic nitrogens is 2. The van der Waals surface area contributed by atoms with Crippen molar-refractivity contribution >= 4 is 39.2 Å². The number of thioether (sulfide) groups is 1. The molecular weight excluding hydrogens is 370 g/mol. The fourth-order valence-electron chi connectivity index (χ4n) is 3.24. The van der Waals surface area contributed by atoms with Crippen molar-refractivity contribution in [1.29, 1.82) is 0 Å². The lowest BCUT2D eigenvalue weighted by Gasteiger charge is -2.11. The highest BCUT2D eigenvalue weighted by Crippen LogP contribution is 2.34. The van der Waals surface area contributed by atoms with Crippen LogP contribution in [0.4, 0.5) is 0 Å². The molecule has 0 aliphatic heterocycles. The molecule has 3 heterocycles. The SMILES string of the molecule is C[C@@H](NC(=O)CSc1nc2sc3c(c2c(=O)[nH]1)CCCC3)c1ccco1. The first kappa shape index (κ1) is 17.4. The number of nitrogens with zero attached hydrogens (tertiary/aromatic N) is 1. The molecule has 1 atom stereocenters. The molecule has 2 N–H and O–H groups in total. The van der Waals surface area contributed by atoms with Crippen molar-refractivity contribution in [3.63, 3.8) is 0 Å². The first-order valence-corrected chi connectivity index (χ1v) is 10.4. The van der Waals surface area contributed by atoms with Crippen LogP contribution >= 0.6 is 23.1 Å². The first-order chi connectivity index (χ1) is 12.6. The van der Waals surface area contributed by atoms with E-state index in [1.807, 2.05) is 13.0 Å². The summed E-state index contributed by atoms with van der Waals surface area (Å²) in [5, 5.41) is 4.10. The van der Waals surface area contributed by atoms with E-state index >= 15 is 0 Å². The normalized spacial score (nSPS) is 15.0. The van der Waals surface area contributed by atoms with Crippen LogP contribution in [0.15, 0.2) is 32.8 Å². The molecule has 1 aliphatic rings. The van der Waals surface area contributed by atoms with E-state index in [1.54, 1.807) is 23.7 Å². The molecule has 0 fully saturated rings. The number of aromatic amines is 1. The zero-order valence-corrected chi connectivity index (χ0v) is 16.0. The first-order valence-electron chi connectivity index (χ1n) is 8.62. The molecule has 4 rings (SSSR count). The monoisotopic (exact) mass is 389 g/mol. The number of fused-ring (bicyclic) bond motifs is 3. The highest BCUT2D eigenvalue weighted by molar-refractivity contribution is 7.99. The summed E-state index contributed by atoms with van der Waals surface area (Å²) >= 11 is 2.85. The summed E-state index contributed by atoms with van der Waals surface area (Å²) in [5.74, 6) is 0.762. The fourth-order valence-corrected chi connectivity index (χ4v) is 5.23. The van der Waals surface area contributed by atoms with Gasteiger partial charge in [-0.25, -0.2) is 4.98 Å². The Bertz CT molecular complexity index is 991. The Labute approximate surface area is 158 Å². The predicted octanol–water partition coefficient (Wildman–Crippen LogP) is 3.43. The van der Waals surface area contributed by atoms with Gasteiger partial charge in [0.05, 0.1) is 23.4 Å². The lowest BCUT2D eigenvalue weighted by molar-refractivity contribution is -0.119. The number of furan rings is 1. The number of H-pyrrole nitrogens is 1. The van der Waals surface area contributed by atoms with Crippen molar-refractivity contribution in [2.24, 2.45) is 0 Å². The number of carbonyl (C=O) groups excluding carboxylic acids is 1. The lowest BCUT2D eigenvalue weighted by Crippen LogP contribution is -2.28. The van der Waals surface area contributed by atoms with Crippen molar-refractivity contribution < 1.29 is 9.21 Å². The minimum Gasteiger partial charge on any atom is -0.467 e. The van der Waals surface area contributed by atoms with Gasteiger partial charge in [0.15, 0.2) is 5.16 Å². The summed E-state index contributed by atoms with van der Waals surface area (Å²) in [7, 11) is 0. The van der Waals surface area contributed by atoms with E-state index in [9.17, 15) is 9.59 Å². The van der Waals surface area contributed by atoms with Gasteiger partial charge in [0, 0.05) is 4.88 Å². The van der Waals surface area contributed by atoms with Crippen molar-refractivity contribution in [3.05, 3.63) is 45.0 Å². The van der Waals surface area contributed by atoms with Crippen LogP contribution in [0, 0.1) is 0 Å². The van der Waals surface area contributed by atoms with Gasteiger partial charge >= 0.3 is 0 Å². The topological polar surface area (TPSA) is 88.0 Å². The van der Waals surface area contributed by atoms with E-state index in [4.69, 9.17) is 4.42 Å². The number of amides is 1. The molecule has 0 aromatic carbocycles. The third-order valence-electron chi connectivity index (χ3n) is 4.49. The van der Waals surface area contributed by atoms with Crippen LogP contribution in [0.25, 0.3) is 10.2 Å². The molecule has 136 valence electrons. The van der Waals surface area contributed by atoms with Crippen molar-refractivity contribution in [2.75, 3.05) is 5.75 Å². The Morgan fingerprint density at radius 3 is 3.12 bits per heavy atom. The number of hydrogen-bond acceptors (Lipinski definition) is 6. The minimum atomic E-state index is -0.198. The molecule has 0 saturated carbocycles. The highest BCUT2D eigenvalue weighted by atomic mass is 32.2. The molecule has 0 saturated heterocycles. The second-order valence-electron chi connectivity index (χ2n) is 6.36. The average Bonchev–Trinajstić information content (AvgIpc) is 3.27. The summed E-state index contributed by atoms with van der Waals surface area (Å²) in [6.07, 6.45) is 5.87. The largest absolute Gasteiger partial charge is 0.467 e. The predicted molar refractivity (Wildman–Crippen MR) is 103 cm³/mol. The molecule has 1 aliphatic carbocycles. The van der Waals surface area contributed by atoms with E-state index in [1.165, 1.54) is 28.6 Å². The maximum atomic E-state index is 12.5. The van der Waals surface area contributed by atoms with Gasteiger partial charge < -0.3 is 14.7 Å². The minimum absolute atomic E-state index is 0.0961. The van der Waals surface area contributed by atoms with Crippen molar-refractivity contribution in [2.45, 2.75) is 43.8 Å². The summed E-state index contributed by atoms with van der Waals surface area (Å²) in [4.78, 5) is 34.1. The zero-order chi connectivity index (χ0) is 18.1. The molecule has 0 bridgehead atoms. The van der Waals surface area contributed by atoms with Crippen LogP contribution in [0.3, 0.4) is 0 Å². The van der Waals surface area contributed by atoms with Gasteiger partial charge in [-0.3, -0.25) is 9.59 Å². The number of aryl methyl sites for hydroxylation is 2. The van der Waals surface area contributed by atoms with E-state index in [2.05, 4.69) is 15.3 Å². The fraction of sp³-hybridized carbons (Fsp3) is 0.389. The molecule has 0 spiro atoms. The molecule has 0 radical (unpaired) electrons. The zero-order valence-electron chi connectivity index (χ0n) is 14.3. The summed E-state index contributed by atoms with van der Waals surface area (Å²) in [6, 6.07) is 3.41. The number of carbonyl (C=O) groups is 1. The highest BCUT2D eigenvalue weighted by Gasteiger charge is 2.20. The Hall–Kier alpha value is -2.06. The molecular formula is C18H19N3O3S2. The van der Waals surface area contributed by atoms with Crippen LogP contribution in [-0.2, 0) is 17.6 Å². The maximum absolute atomic E-state index is 12.5. The summed E-state index contributed by atoms with van der Waals surface area (Å²) in [6.45, 7) is 1.86. The molecule has 3 aromatic rings. The van der Waals surface area contributed by atoms with Gasteiger partial charge in [-0.05, 0) is 50.3 Å². The molecule has 0 unspecified atom stereocenters. The Morgan fingerprint density at radius 1 is 1.46 bits per heavy atom. The van der Waals surface area contributed by atoms with Gasteiger partial charge in [-0.15, -0.1) is 11.3 Å². The summed E-state index contributed by atoms with van der Waals surface area (Å²) in [5.41, 5.74) is 1.08. The van der Waals surface area contributed by atoms with Gasteiger partial charge in [0.1, 0.15) is 10.6 Å². The van der Waals surface area contributed by atoms with E-state index in [0.717, 1.165) is 29.5 Å². The van der Waals surface area contributed by atoms with Gasteiger partial charge in [0.2, 0.25) is 5.91 Å². The van der Waals surface area contributed by atoms with E-state index in [0.29, 0.717) is 10.9 Å². The molecule has 1 amide bonds. The van der Waals surface area contributed by atoms with Gasteiger partial charge in [0.25, 0.3) is 5.56 Å².